The van der Waals surface area contributed by atoms with Crippen LogP contribution >= 0.6 is 0 Å². The Hall–Kier alpha value is -3.45. The summed E-state index contributed by atoms with van der Waals surface area (Å²) in [6.07, 6.45) is -2.72. The predicted octanol–water partition coefficient (Wildman–Crippen LogP) is 8.75. The molecule has 0 aromatic heterocycles. The van der Waals surface area contributed by atoms with Crippen LogP contribution in [0.3, 0.4) is 0 Å². The number of nitrogens with zero attached hydrogens (tertiary/aromatic N) is 2. The molecule has 0 aliphatic carbocycles. The van der Waals surface area contributed by atoms with Crippen LogP contribution in [-0.4, -0.2) is 79.5 Å². The monoisotopic (exact) mass is 724 g/mol. The number of likely N-dealkylation sites (tertiary alicyclic amines) is 2. The number of Topliss-reactive ketones (excluding diaryl/α,β-unsaturated/α-hetero) is 1. The third-order valence-corrected chi connectivity index (χ3v) is 10.2. The lowest BCUT2D eigenvalue weighted by molar-refractivity contribution is -0.143. The number of rotatable bonds is 17. The van der Waals surface area contributed by atoms with Crippen molar-refractivity contribution >= 4 is 17.7 Å². The number of alkyl halides is 6. The highest BCUT2D eigenvalue weighted by atomic mass is 19.4. The second-order valence-corrected chi connectivity index (χ2v) is 13.6. The molecule has 2 heterocycles. The van der Waals surface area contributed by atoms with E-state index in [-0.39, 0.29) is 12.5 Å². The molecule has 2 aromatic carbocycles. The number of hydrogen-bond donors (Lipinski definition) is 2. The van der Waals surface area contributed by atoms with E-state index in [4.69, 9.17) is 20.3 Å². The van der Waals surface area contributed by atoms with Gasteiger partial charge in [-0.2, -0.15) is 26.3 Å². The first-order valence-corrected chi connectivity index (χ1v) is 17.9. The summed E-state index contributed by atoms with van der Waals surface area (Å²) in [7, 11) is 0. The molecule has 2 fully saturated rings. The van der Waals surface area contributed by atoms with Gasteiger partial charge in [-0.15, -0.1) is 0 Å². The first-order chi connectivity index (χ1) is 24.2. The Morgan fingerprint density at radius 2 is 1.43 bits per heavy atom. The van der Waals surface area contributed by atoms with Crippen molar-refractivity contribution in [2.75, 3.05) is 45.9 Å². The minimum absolute atomic E-state index is 0.0267. The Morgan fingerprint density at radius 1 is 0.824 bits per heavy atom. The van der Waals surface area contributed by atoms with Crippen LogP contribution in [0.4, 0.5) is 26.3 Å². The fourth-order valence-corrected chi connectivity index (χ4v) is 7.44. The molecule has 2 aliphatic heterocycles. The van der Waals surface area contributed by atoms with Gasteiger partial charge >= 0.3 is 12.4 Å². The van der Waals surface area contributed by atoms with E-state index in [2.05, 4.69) is 9.80 Å². The van der Waals surface area contributed by atoms with Gasteiger partial charge in [0.1, 0.15) is 0 Å². The summed E-state index contributed by atoms with van der Waals surface area (Å²) < 4.78 is 92.9. The average Bonchev–Trinajstić information content (AvgIpc) is 3.10. The molecule has 0 saturated carbocycles. The lowest BCUT2D eigenvalue weighted by Gasteiger charge is -2.42. The van der Waals surface area contributed by atoms with Crippen LogP contribution in [0.2, 0.25) is 0 Å². The molecule has 282 valence electrons. The minimum atomic E-state index is -5.05. The average molecular weight is 725 g/mol. The SMILES string of the molecule is CCOc1ccc([C@@](CCC=N)(CCN2CCC(N3CCCCC3)CC2)CC(=N)C(=O)Cc2cc(C(F)(F)F)cc(C(F)(F)F)c2)cc1OCC. The summed E-state index contributed by atoms with van der Waals surface area (Å²) in [5.74, 6) is 0.153. The van der Waals surface area contributed by atoms with E-state index in [9.17, 15) is 31.1 Å². The normalized spacial score (nSPS) is 17.9. The molecule has 0 unspecified atom stereocenters. The van der Waals surface area contributed by atoms with Gasteiger partial charge in [-0.1, -0.05) is 12.5 Å². The Bertz CT molecular complexity index is 1450. The van der Waals surface area contributed by atoms with E-state index in [1.807, 2.05) is 26.0 Å². The van der Waals surface area contributed by atoms with Gasteiger partial charge < -0.3 is 30.1 Å². The van der Waals surface area contributed by atoms with E-state index in [1.54, 1.807) is 6.07 Å². The van der Waals surface area contributed by atoms with Gasteiger partial charge in [-0.3, -0.25) is 4.79 Å². The summed E-state index contributed by atoms with van der Waals surface area (Å²) in [4.78, 5) is 18.5. The van der Waals surface area contributed by atoms with Crippen LogP contribution in [-0.2, 0) is 29.0 Å². The molecule has 2 aliphatic rings. The minimum Gasteiger partial charge on any atom is -0.490 e. The fourth-order valence-electron chi connectivity index (χ4n) is 7.44. The predicted molar refractivity (Wildman–Crippen MR) is 185 cm³/mol. The number of ether oxygens (including phenoxy) is 2. The van der Waals surface area contributed by atoms with Gasteiger partial charge in [-0.05, 0) is 139 Å². The Labute approximate surface area is 296 Å². The molecule has 0 amide bonds. The Balaban J connectivity index is 1.63. The summed E-state index contributed by atoms with van der Waals surface area (Å²) in [5, 5.41) is 16.8. The number of carbonyl (C=O) groups excluding carboxylic acids is 1. The fraction of sp³-hybridized carbons (Fsp3) is 0.605. The third kappa shape index (κ3) is 11.0. The maximum Gasteiger partial charge on any atom is 0.416 e. The molecule has 2 N–H and O–H groups in total. The van der Waals surface area contributed by atoms with Crippen molar-refractivity contribution in [3.05, 3.63) is 58.7 Å². The molecule has 4 rings (SSSR count). The van der Waals surface area contributed by atoms with Crippen molar-refractivity contribution in [1.29, 1.82) is 10.8 Å². The standard InChI is InChI=1S/C38H50F6N4O3/c1-3-50-34-10-9-28(25-35(34)51-4-2)36(13-8-15-45,14-20-47-18-11-31(12-19-47)48-16-6-5-7-17-48)26-32(46)33(49)23-27-21-29(37(39,40)41)24-30(22-27)38(42,43)44/h9-10,15,21-22,24-25,31,45-46H,3-8,11-14,16-20,23,26H2,1-2H3/t36-/m0/s1. The number of piperidine rings is 2. The summed E-state index contributed by atoms with van der Waals surface area (Å²) in [5.41, 5.74) is -3.98. The molecule has 0 bridgehead atoms. The van der Waals surface area contributed by atoms with Crippen LogP contribution in [0.25, 0.3) is 0 Å². The van der Waals surface area contributed by atoms with Crippen LogP contribution in [0.5, 0.6) is 11.5 Å². The first-order valence-electron chi connectivity index (χ1n) is 17.9. The number of halogens is 6. The second kappa shape index (κ2) is 17.9. The smallest absolute Gasteiger partial charge is 0.416 e. The molecule has 1 atom stereocenters. The van der Waals surface area contributed by atoms with Gasteiger partial charge in [0.15, 0.2) is 17.3 Å². The van der Waals surface area contributed by atoms with E-state index in [0.717, 1.165) is 44.6 Å². The highest BCUT2D eigenvalue weighted by molar-refractivity contribution is 6.39. The van der Waals surface area contributed by atoms with Crippen molar-refractivity contribution in [3.8, 4) is 11.5 Å². The van der Waals surface area contributed by atoms with E-state index in [0.29, 0.717) is 68.7 Å². The van der Waals surface area contributed by atoms with Crippen LogP contribution in [0, 0.1) is 10.8 Å². The molecule has 0 spiro atoms. The molecule has 2 aromatic rings. The summed E-state index contributed by atoms with van der Waals surface area (Å²) in [6.45, 7) is 9.13. The maximum atomic E-state index is 13.5. The van der Waals surface area contributed by atoms with E-state index in [1.165, 1.54) is 25.5 Å². The highest BCUT2D eigenvalue weighted by Gasteiger charge is 2.39. The van der Waals surface area contributed by atoms with Crippen LogP contribution < -0.4 is 9.47 Å². The Morgan fingerprint density at radius 3 is 2.00 bits per heavy atom. The Kier molecular flexibility index (Phi) is 14.1. The van der Waals surface area contributed by atoms with Crippen LogP contribution in [0.1, 0.15) is 93.9 Å². The second-order valence-electron chi connectivity index (χ2n) is 13.6. The van der Waals surface area contributed by atoms with Crippen molar-refractivity contribution in [3.63, 3.8) is 0 Å². The molecule has 7 nitrogen and oxygen atoms in total. The molecule has 51 heavy (non-hydrogen) atoms. The topological polar surface area (TPSA) is 89.7 Å². The van der Waals surface area contributed by atoms with Gasteiger partial charge in [0, 0.05) is 24.3 Å². The zero-order valence-electron chi connectivity index (χ0n) is 29.5. The molecule has 2 saturated heterocycles. The maximum absolute atomic E-state index is 13.5. The third-order valence-electron chi connectivity index (χ3n) is 10.2. The lowest BCUT2D eigenvalue weighted by Crippen LogP contribution is -2.47. The quantitative estimate of drug-likeness (QED) is 0.126. The largest absolute Gasteiger partial charge is 0.490 e. The van der Waals surface area contributed by atoms with Crippen molar-refractivity contribution in [2.24, 2.45) is 0 Å². The van der Waals surface area contributed by atoms with E-state index >= 15 is 0 Å². The lowest BCUT2D eigenvalue weighted by atomic mass is 9.69. The molecular weight excluding hydrogens is 674 g/mol. The van der Waals surface area contributed by atoms with Crippen molar-refractivity contribution in [2.45, 2.75) is 102 Å². The van der Waals surface area contributed by atoms with Crippen molar-refractivity contribution < 1.29 is 40.6 Å². The van der Waals surface area contributed by atoms with Gasteiger partial charge in [0.25, 0.3) is 0 Å². The highest BCUT2D eigenvalue weighted by Crippen LogP contribution is 2.42. The molecule has 13 heteroatoms. The number of carbonyl (C=O) groups is 1. The number of hydrogen-bond acceptors (Lipinski definition) is 7. The van der Waals surface area contributed by atoms with Gasteiger partial charge in [-0.25, -0.2) is 0 Å². The van der Waals surface area contributed by atoms with Gasteiger partial charge in [0.2, 0.25) is 0 Å². The van der Waals surface area contributed by atoms with Crippen molar-refractivity contribution in [1.82, 2.24) is 9.80 Å². The van der Waals surface area contributed by atoms with Gasteiger partial charge in [0.05, 0.1) is 30.1 Å². The molecular formula is C38H50F6N4O3. The van der Waals surface area contributed by atoms with E-state index < -0.39 is 52.4 Å². The zero-order valence-corrected chi connectivity index (χ0v) is 29.5. The number of benzene rings is 2. The first kappa shape index (κ1) is 40.3. The van der Waals surface area contributed by atoms with Crippen LogP contribution in [0.15, 0.2) is 36.4 Å². The zero-order chi connectivity index (χ0) is 37.2. The number of nitrogens with one attached hydrogen (secondary N) is 2. The number of ketones is 1. The molecule has 0 radical (unpaired) electrons. The summed E-state index contributed by atoms with van der Waals surface area (Å²) in [6, 6.07) is 7.12. The summed E-state index contributed by atoms with van der Waals surface area (Å²) >= 11 is 0.